The number of carbonyl (C=O) groups is 1. The van der Waals surface area contributed by atoms with Gasteiger partial charge in [-0.2, -0.15) is 0 Å². The largest absolute Gasteiger partial charge is 0.381 e. The molecule has 128 valence electrons. The molecule has 0 spiro atoms. The van der Waals surface area contributed by atoms with E-state index >= 15 is 0 Å². The molecular weight excluding hydrogens is 330 g/mol. The van der Waals surface area contributed by atoms with Crippen molar-refractivity contribution in [2.24, 2.45) is 7.05 Å². The number of rotatable bonds is 5. The van der Waals surface area contributed by atoms with Crippen LogP contribution in [0.25, 0.3) is 0 Å². The van der Waals surface area contributed by atoms with Crippen LogP contribution in [0.2, 0.25) is 0 Å². The van der Waals surface area contributed by atoms with Crippen LogP contribution in [-0.2, 0) is 16.9 Å². The predicted molar refractivity (Wildman–Crippen MR) is 90.4 cm³/mol. The first-order valence-corrected chi connectivity index (χ1v) is 9.48. The number of anilines is 1. The summed E-state index contributed by atoms with van der Waals surface area (Å²) in [5.74, 6) is -0.423. The van der Waals surface area contributed by atoms with Crippen LogP contribution in [-0.4, -0.2) is 36.3 Å². The zero-order chi connectivity index (χ0) is 17.6. The third-order valence-electron chi connectivity index (χ3n) is 4.18. The number of H-pyrrole nitrogens is 1. The smallest absolute Gasteiger partial charge is 0.277 e. The summed E-state index contributed by atoms with van der Waals surface area (Å²) in [7, 11) is -1.90. The van der Waals surface area contributed by atoms with E-state index < -0.39 is 21.2 Å². The van der Waals surface area contributed by atoms with Gasteiger partial charge in [-0.1, -0.05) is 0 Å². The molecule has 24 heavy (non-hydrogen) atoms. The molecule has 3 rings (SSSR count). The molecule has 0 unspecified atom stereocenters. The number of sulfone groups is 1. The minimum Gasteiger partial charge on any atom is -0.381 e. The summed E-state index contributed by atoms with van der Waals surface area (Å²) >= 11 is 0. The lowest BCUT2D eigenvalue weighted by atomic mass is 9.99. The topological polar surface area (TPSA) is 101 Å². The number of aromatic nitrogens is 2. The molecule has 8 heteroatoms. The number of hydrogen-bond acceptors (Lipinski definition) is 5. The second-order valence-corrected chi connectivity index (χ2v) is 8.17. The van der Waals surface area contributed by atoms with Crippen LogP contribution in [0.1, 0.15) is 34.3 Å². The fourth-order valence-corrected chi connectivity index (χ4v) is 3.52. The van der Waals surface area contributed by atoms with E-state index in [2.05, 4.69) is 10.4 Å². The number of carbonyl (C=O) groups excluding carboxylic acids is 1. The molecule has 1 aromatic carbocycles. The number of aryl methyl sites for hydroxylation is 1. The summed E-state index contributed by atoms with van der Waals surface area (Å²) < 4.78 is 25.3. The SMILES string of the molecule is Cc1c(C(=O)c2c[nH]n(C)c2=O)ccc(S(C)(=O)=O)c1NC1CC1. The van der Waals surface area contributed by atoms with Crippen molar-refractivity contribution in [1.82, 2.24) is 9.78 Å². The maximum atomic E-state index is 12.7. The molecule has 7 nitrogen and oxygen atoms in total. The van der Waals surface area contributed by atoms with E-state index in [-0.39, 0.29) is 16.5 Å². The molecule has 1 aromatic heterocycles. The molecule has 1 heterocycles. The van der Waals surface area contributed by atoms with Crippen LogP contribution in [0.15, 0.2) is 28.0 Å². The zero-order valence-corrected chi connectivity index (χ0v) is 14.5. The van der Waals surface area contributed by atoms with Crippen molar-refractivity contribution in [3.8, 4) is 0 Å². The number of nitrogens with zero attached hydrogens (tertiary/aromatic N) is 1. The molecule has 1 aliphatic carbocycles. The quantitative estimate of drug-likeness (QED) is 0.791. The molecule has 2 aromatic rings. The van der Waals surface area contributed by atoms with E-state index in [1.807, 2.05) is 0 Å². The van der Waals surface area contributed by atoms with Gasteiger partial charge in [0, 0.05) is 31.1 Å². The Morgan fingerprint density at radius 1 is 1.29 bits per heavy atom. The highest BCUT2D eigenvalue weighted by molar-refractivity contribution is 7.90. The third-order valence-corrected chi connectivity index (χ3v) is 5.32. The van der Waals surface area contributed by atoms with Gasteiger partial charge in [0.15, 0.2) is 9.84 Å². The monoisotopic (exact) mass is 349 g/mol. The first-order valence-electron chi connectivity index (χ1n) is 7.59. The first kappa shape index (κ1) is 16.5. The highest BCUT2D eigenvalue weighted by Gasteiger charge is 2.27. The van der Waals surface area contributed by atoms with E-state index in [9.17, 15) is 18.0 Å². The van der Waals surface area contributed by atoms with Gasteiger partial charge >= 0.3 is 0 Å². The van der Waals surface area contributed by atoms with Gasteiger partial charge in [0.2, 0.25) is 5.78 Å². The van der Waals surface area contributed by atoms with Gasteiger partial charge in [-0.25, -0.2) is 8.42 Å². The third kappa shape index (κ3) is 2.89. The van der Waals surface area contributed by atoms with Gasteiger partial charge in [-0.05, 0) is 37.5 Å². The van der Waals surface area contributed by atoms with Crippen molar-refractivity contribution < 1.29 is 13.2 Å². The molecular formula is C16H19N3O4S. The second-order valence-electron chi connectivity index (χ2n) is 6.18. The normalized spacial score (nSPS) is 14.6. The molecule has 0 bridgehead atoms. The van der Waals surface area contributed by atoms with E-state index in [4.69, 9.17) is 0 Å². The standard InChI is InChI=1S/C16H19N3O4S/c1-9-11(15(20)12-8-17-19(2)16(12)21)6-7-13(24(3,22)23)14(9)18-10-4-5-10/h6-8,10,17-18H,4-5H2,1-3H3. The Labute approximate surface area is 139 Å². The molecule has 0 amide bonds. The van der Waals surface area contributed by atoms with Gasteiger partial charge in [0.05, 0.1) is 10.6 Å². The van der Waals surface area contributed by atoms with E-state index in [0.29, 0.717) is 16.8 Å². The average Bonchev–Trinajstić information content (AvgIpc) is 3.25. The molecule has 1 fully saturated rings. The molecule has 1 aliphatic rings. The van der Waals surface area contributed by atoms with Gasteiger partial charge in [-0.15, -0.1) is 0 Å². The fourth-order valence-electron chi connectivity index (χ4n) is 2.62. The van der Waals surface area contributed by atoms with Crippen LogP contribution in [0.3, 0.4) is 0 Å². The van der Waals surface area contributed by atoms with Gasteiger partial charge in [-0.3, -0.25) is 14.3 Å². The molecule has 0 aliphatic heterocycles. The lowest BCUT2D eigenvalue weighted by Crippen LogP contribution is -2.20. The van der Waals surface area contributed by atoms with Crippen molar-refractivity contribution in [2.45, 2.75) is 30.7 Å². The highest BCUT2D eigenvalue weighted by atomic mass is 32.2. The van der Waals surface area contributed by atoms with Gasteiger partial charge in [0.25, 0.3) is 5.56 Å². The first-order chi connectivity index (χ1) is 11.2. The van der Waals surface area contributed by atoms with Crippen molar-refractivity contribution in [1.29, 1.82) is 0 Å². The summed E-state index contributed by atoms with van der Waals surface area (Å²) in [4.78, 5) is 24.9. The maximum Gasteiger partial charge on any atom is 0.277 e. The van der Waals surface area contributed by atoms with Crippen LogP contribution < -0.4 is 10.9 Å². The fraction of sp³-hybridized carbons (Fsp3) is 0.375. The Bertz CT molecular complexity index is 981. The summed E-state index contributed by atoms with van der Waals surface area (Å²) in [6.45, 7) is 1.70. The molecule has 2 N–H and O–H groups in total. The number of hydrogen-bond donors (Lipinski definition) is 2. The molecule has 1 saturated carbocycles. The van der Waals surface area contributed by atoms with E-state index in [1.165, 1.54) is 30.1 Å². The Kier molecular flexibility index (Phi) is 3.87. The van der Waals surface area contributed by atoms with Crippen LogP contribution in [0, 0.1) is 6.92 Å². The summed E-state index contributed by atoms with van der Waals surface area (Å²) in [5, 5.41) is 5.87. The molecule has 0 saturated heterocycles. The number of ketones is 1. The zero-order valence-electron chi connectivity index (χ0n) is 13.7. The second kappa shape index (κ2) is 5.62. The minimum atomic E-state index is -3.43. The lowest BCUT2D eigenvalue weighted by Gasteiger charge is -2.16. The Balaban J connectivity index is 2.14. The Morgan fingerprint density at radius 2 is 1.96 bits per heavy atom. The minimum absolute atomic E-state index is 0.0325. The highest BCUT2D eigenvalue weighted by Crippen LogP contribution is 2.33. The van der Waals surface area contributed by atoms with E-state index in [1.54, 1.807) is 6.92 Å². The van der Waals surface area contributed by atoms with Gasteiger partial charge < -0.3 is 10.4 Å². The number of aromatic amines is 1. The summed E-state index contributed by atoms with van der Waals surface area (Å²) in [6, 6.07) is 3.13. The van der Waals surface area contributed by atoms with Crippen molar-refractivity contribution >= 4 is 21.3 Å². The van der Waals surface area contributed by atoms with E-state index in [0.717, 1.165) is 19.1 Å². The number of benzene rings is 1. The summed E-state index contributed by atoms with van der Waals surface area (Å²) in [5.41, 5.74) is 0.937. The van der Waals surface area contributed by atoms with Crippen molar-refractivity contribution in [2.75, 3.05) is 11.6 Å². The van der Waals surface area contributed by atoms with Crippen molar-refractivity contribution in [3.05, 3.63) is 45.4 Å². The van der Waals surface area contributed by atoms with Crippen LogP contribution >= 0.6 is 0 Å². The average molecular weight is 349 g/mol. The van der Waals surface area contributed by atoms with Crippen molar-refractivity contribution in [3.63, 3.8) is 0 Å². The lowest BCUT2D eigenvalue weighted by molar-refractivity contribution is 0.103. The summed E-state index contributed by atoms with van der Waals surface area (Å²) in [6.07, 6.45) is 4.45. The Hall–Kier alpha value is -2.35. The molecule has 0 atom stereocenters. The Morgan fingerprint density at radius 3 is 2.46 bits per heavy atom. The predicted octanol–water partition coefficient (Wildman–Crippen LogP) is 1.23. The van der Waals surface area contributed by atoms with Crippen LogP contribution in [0.4, 0.5) is 5.69 Å². The number of nitrogens with one attached hydrogen (secondary N) is 2. The van der Waals surface area contributed by atoms with Gasteiger partial charge in [0.1, 0.15) is 5.56 Å². The maximum absolute atomic E-state index is 12.7. The van der Waals surface area contributed by atoms with Crippen LogP contribution in [0.5, 0.6) is 0 Å². The molecule has 0 radical (unpaired) electrons.